The topological polar surface area (TPSA) is 66.6 Å². The SMILES string of the molecule is O=C(Nc1ncn2c(C(F)(F)F)csc12)c1ccc(O)cc1. The molecule has 114 valence electrons. The monoisotopic (exact) mass is 327 g/mol. The number of benzene rings is 1. The summed E-state index contributed by atoms with van der Waals surface area (Å²) in [5.74, 6) is -0.463. The highest BCUT2D eigenvalue weighted by Crippen LogP contribution is 2.35. The first-order chi connectivity index (χ1) is 10.4. The molecule has 0 unspecified atom stereocenters. The van der Waals surface area contributed by atoms with Gasteiger partial charge in [0, 0.05) is 10.9 Å². The van der Waals surface area contributed by atoms with Gasteiger partial charge in [0.15, 0.2) is 5.82 Å². The third-order valence-corrected chi connectivity index (χ3v) is 3.87. The molecular weight excluding hydrogens is 319 g/mol. The lowest BCUT2D eigenvalue weighted by Gasteiger charge is -2.03. The summed E-state index contributed by atoms with van der Waals surface area (Å²) in [5.41, 5.74) is -0.586. The molecule has 0 bridgehead atoms. The highest BCUT2D eigenvalue weighted by atomic mass is 32.1. The molecule has 0 aliphatic heterocycles. The number of alkyl halides is 3. The van der Waals surface area contributed by atoms with Gasteiger partial charge >= 0.3 is 6.18 Å². The van der Waals surface area contributed by atoms with Crippen molar-refractivity contribution >= 4 is 27.9 Å². The van der Waals surface area contributed by atoms with E-state index >= 15 is 0 Å². The van der Waals surface area contributed by atoms with Gasteiger partial charge in [-0.05, 0) is 24.3 Å². The molecule has 0 fully saturated rings. The average molecular weight is 327 g/mol. The number of nitrogens with one attached hydrogen (secondary N) is 1. The fourth-order valence-electron chi connectivity index (χ4n) is 1.87. The average Bonchev–Trinajstić information content (AvgIpc) is 3.01. The predicted molar refractivity (Wildman–Crippen MR) is 74.1 cm³/mol. The lowest BCUT2D eigenvalue weighted by Crippen LogP contribution is -2.12. The van der Waals surface area contributed by atoms with Crippen LogP contribution in [0.1, 0.15) is 16.1 Å². The van der Waals surface area contributed by atoms with Crippen LogP contribution in [0.5, 0.6) is 5.75 Å². The van der Waals surface area contributed by atoms with Crippen LogP contribution in [0.2, 0.25) is 0 Å². The maximum atomic E-state index is 12.8. The molecule has 0 atom stereocenters. The number of thiazole rings is 1. The predicted octanol–water partition coefficient (Wildman–Crippen LogP) is 3.37. The summed E-state index contributed by atoms with van der Waals surface area (Å²) >= 11 is 0.839. The van der Waals surface area contributed by atoms with Crippen molar-refractivity contribution in [1.82, 2.24) is 9.38 Å². The molecule has 0 aliphatic rings. The zero-order chi connectivity index (χ0) is 15.9. The van der Waals surface area contributed by atoms with Crippen LogP contribution in [0.3, 0.4) is 0 Å². The first-order valence-electron chi connectivity index (χ1n) is 5.98. The molecule has 2 N–H and O–H groups in total. The van der Waals surface area contributed by atoms with Gasteiger partial charge in [-0.1, -0.05) is 0 Å². The maximum Gasteiger partial charge on any atom is 0.432 e. The molecule has 0 saturated heterocycles. The number of carbonyl (C=O) groups excluding carboxylic acids is 1. The van der Waals surface area contributed by atoms with Gasteiger partial charge in [-0.3, -0.25) is 9.20 Å². The minimum Gasteiger partial charge on any atom is -0.508 e. The number of nitrogens with zero attached hydrogens (tertiary/aromatic N) is 2. The summed E-state index contributed by atoms with van der Waals surface area (Å²) in [7, 11) is 0. The Morgan fingerprint density at radius 1 is 1.27 bits per heavy atom. The number of aromatic hydroxyl groups is 1. The fraction of sp³-hybridized carbons (Fsp3) is 0.0769. The van der Waals surface area contributed by atoms with Gasteiger partial charge in [0.1, 0.15) is 22.6 Å². The summed E-state index contributed by atoms with van der Waals surface area (Å²) in [5, 5.41) is 12.6. The Morgan fingerprint density at radius 2 is 1.95 bits per heavy atom. The number of hydrogen-bond donors (Lipinski definition) is 2. The van der Waals surface area contributed by atoms with Gasteiger partial charge in [-0.2, -0.15) is 13.2 Å². The van der Waals surface area contributed by atoms with E-state index in [0.717, 1.165) is 27.4 Å². The van der Waals surface area contributed by atoms with E-state index in [1.165, 1.54) is 24.3 Å². The van der Waals surface area contributed by atoms with Crippen LogP contribution in [-0.2, 0) is 6.18 Å². The molecule has 0 spiro atoms. The van der Waals surface area contributed by atoms with Crippen molar-refractivity contribution in [3.05, 3.63) is 47.2 Å². The smallest absolute Gasteiger partial charge is 0.432 e. The molecule has 9 heteroatoms. The molecule has 5 nitrogen and oxygen atoms in total. The van der Waals surface area contributed by atoms with Crippen LogP contribution >= 0.6 is 11.3 Å². The largest absolute Gasteiger partial charge is 0.508 e. The fourth-order valence-corrected chi connectivity index (χ4v) is 2.82. The number of amides is 1. The first kappa shape index (κ1) is 14.4. The Balaban J connectivity index is 1.90. The molecule has 1 aromatic carbocycles. The van der Waals surface area contributed by atoms with E-state index in [-0.39, 0.29) is 22.0 Å². The molecule has 2 aromatic heterocycles. The quantitative estimate of drug-likeness (QED) is 0.758. The van der Waals surface area contributed by atoms with Crippen molar-refractivity contribution in [2.24, 2.45) is 0 Å². The van der Waals surface area contributed by atoms with Gasteiger partial charge in [0.05, 0.1) is 0 Å². The van der Waals surface area contributed by atoms with E-state index < -0.39 is 17.8 Å². The zero-order valence-corrected chi connectivity index (χ0v) is 11.6. The lowest BCUT2D eigenvalue weighted by molar-refractivity contribution is -0.141. The second-order valence-corrected chi connectivity index (χ2v) is 5.25. The number of imidazole rings is 1. The Labute approximate surface area is 125 Å². The minimum absolute atomic E-state index is 0.00834. The van der Waals surface area contributed by atoms with E-state index in [0.29, 0.717) is 0 Å². The summed E-state index contributed by atoms with van der Waals surface area (Å²) in [6.45, 7) is 0. The van der Waals surface area contributed by atoms with E-state index in [4.69, 9.17) is 5.11 Å². The van der Waals surface area contributed by atoms with Gasteiger partial charge in [0.2, 0.25) is 0 Å². The molecule has 0 radical (unpaired) electrons. The highest BCUT2D eigenvalue weighted by Gasteiger charge is 2.35. The maximum absolute atomic E-state index is 12.8. The number of anilines is 1. The Morgan fingerprint density at radius 3 is 2.59 bits per heavy atom. The summed E-state index contributed by atoms with van der Waals surface area (Å²) in [6, 6.07) is 5.47. The number of phenols is 1. The number of halogens is 3. The van der Waals surface area contributed by atoms with Crippen LogP contribution < -0.4 is 5.32 Å². The van der Waals surface area contributed by atoms with E-state index in [2.05, 4.69) is 10.3 Å². The van der Waals surface area contributed by atoms with Crippen molar-refractivity contribution in [2.45, 2.75) is 6.18 Å². The van der Waals surface area contributed by atoms with E-state index in [9.17, 15) is 18.0 Å². The number of phenolic OH excluding ortho intramolecular Hbond substituents is 1. The second kappa shape index (κ2) is 5.02. The zero-order valence-electron chi connectivity index (χ0n) is 10.8. The van der Waals surface area contributed by atoms with Gasteiger partial charge in [0.25, 0.3) is 5.91 Å². The standard InChI is InChI=1S/C13H8F3N3O2S/c14-13(15,16)9-5-22-12-10(17-6-19(9)12)18-11(21)7-1-3-8(20)4-2-7/h1-6,20H,(H,18,21). The van der Waals surface area contributed by atoms with Crippen molar-refractivity contribution < 1.29 is 23.1 Å². The molecule has 1 amide bonds. The van der Waals surface area contributed by atoms with Crippen LogP contribution in [0.15, 0.2) is 36.0 Å². The van der Waals surface area contributed by atoms with Gasteiger partial charge in [-0.25, -0.2) is 4.98 Å². The normalized spacial score (nSPS) is 11.8. The first-order valence-corrected chi connectivity index (χ1v) is 6.86. The molecule has 0 saturated carbocycles. The highest BCUT2D eigenvalue weighted by molar-refractivity contribution is 7.16. The summed E-state index contributed by atoms with van der Waals surface area (Å²) < 4.78 is 39.2. The van der Waals surface area contributed by atoms with Crippen molar-refractivity contribution in [3.63, 3.8) is 0 Å². The molecule has 22 heavy (non-hydrogen) atoms. The molecule has 0 aliphatic carbocycles. The Hall–Kier alpha value is -2.55. The number of rotatable bonds is 2. The van der Waals surface area contributed by atoms with Gasteiger partial charge < -0.3 is 10.4 Å². The molecule has 3 rings (SSSR count). The molecule has 3 aromatic rings. The van der Waals surface area contributed by atoms with Crippen LogP contribution in [0, 0.1) is 0 Å². The lowest BCUT2D eigenvalue weighted by atomic mass is 10.2. The second-order valence-electron chi connectivity index (χ2n) is 4.39. The van der Waals surface area contributed by atoms with Crippen molar-refractivity contribution in [2.75, 3.05) is 5.32 Å². The Bertz CT molecular complexity index is 836. The van der Waals surface area contributed by atoms with Crippen LogP contribution in [0.25, 0.3) is 4.83 Å². The third-order valence-electron chi connectivity index (χ3n) is 2.92. The minimum atomic E-state index is -4.49. The van der Waals surface area contributed by atoms with E-state index in [1.807, 2.05) is 0 Å². The van der Waals surface area contributed by atoms with Gasteiger partial charge in [-0.15, -0.1) is 11.3 Å². The summed E-state index contributed by atoms with van der Waals surface area (Å²) in [4.78, 5) is 16.0. The Kier molecular flexibility index (Phi) is 3.28. The van der Waals surface area contributed by atoms with E-state index in [1.54, 1.807) is 0 Å². The number of carbonyl (C=O) groups is 1. The molecular formula is C13H8F3N3O2S. The van der Waals surface area contributed by atoms with Crippen LogP contribution in [0.4, 0.5) is 19.0 Å². The number of hydrogen-bond acceptors (Lipinski definition) is 4. The van der Waals surface area contributed by atoms with Crippen LogP contribution in [-0.4, -0.2) is 20.4 Å². The number of aromatic nitrogens is 2. The summed E-state index contributed by atoms with van der Waals surface area (Å²) in [6.07, 6.45) is -3.47. The van der Waals surface area contributed by atoms with Crippen molar-refractivity contribution in [3.8, 4) is 5.75 Å². The number of fused-ring (bicyclic) bond motifs is 1. The van der Waals surface area contributed by atoms with Crippen molar-refractivity contribution in [1.29, 1.82) is 0 Å². The molecule has 2 heterocycles. The third kappa shape index (κ3) is 2.50.